The number of halogens is 1. The van der Waals surface area contributed by atoms with Gasteiger partial charge in [0.1, 0.15) is 0 Å². The van der Waals surface area contributed by atoms with Gasteiger partial charge in [-0.25, -0.2) is 0 Å². The lowest BCUT2D eigenvalue weighted by molar-refractivity contribution is -0.0660. The van der Waals surface area contributed by atoms with E-state index >= 15 is 0 Å². The van der Waals surface area contributed by atoms with Crippen LogP contribution in [-0.2, 0) is 14.9 Å². The van der Waals surface area contributed by atoms with Gasteiger partial charge in [0, 0.05) is 77.1 Å². The molecule has 3 aromatic rings. The number of ether oxygens (including phenoxy) is 2. The Morgan fingerprint density at radius 2 is 1.80 bits per heavy atom. The number of nitrogens with zero attached hydrogens (tertiary/aromatic N) is 2. The first kappa shape index (κ1) is 21.9. The number of piperazine rings is 1. The zero-order chi connectivity index (χ0) is 23.7. The number of nitrogens with two attached hydrogens (primary N) is 1. The number of rotatable bonds is 2. The van der Waals surface area contributed by atoms with Crippen molar-refractivity contribution >= 4 is 44.0 Å². The molecule has 0 radical (unpaired) electrons. The Balaban J connectivity index is 1.34. The normalized spacial score (nSPS) is 22.3. The lowest BCUT2D eigenvalue weighted by atomic mass is 9.64. The number of nitrogens with one attached hydrogen (secondary N) is 1. The third-order valence-electron chi connectivity index (χ3n) is 8.51. The van der Waals surface area contributed by atoms with Crippen molar-refractivity contribution in [2.75, 3.05) is 63.2 Å². The predicted octanol–water partition coefficient (Wildman–Crippen LogP) is 3.67. The lowest BCUT2D eigenvalue weighted by Gasteiger charge is -2.44. The lowest BCUT2D eigenvalue weighted by Crippen LogP contribution is -2.56. The van der Waals surface area contributed by atoms with Gasteiger partial charge in [-0.2, -0.15) is 0 Å². The first-order chi connectivity index (χ1) is 17.0. The van der Waals surface area contributed by atoms with Crippen molar-refractivity contribution in [3.8, 4) is 0 Å². The number of aromatic amines is 1. The maximum atomic E-state index is 14.0. The summed E-state index contributed by atoms with van der Waals surface area (Å²) in [5.41, 5.74) is 12.4. The number of H-pyrrole nitrogens is 1. The summed E-state index contributed by atoms with van der Waals surface area (Å²) in [6, 6.07) is 10.7. The van der Waals surface area contributed by atoms with E-state index in [-0.39, 0.29) is 11.2 Å². The summed E-state index contributed by atoms with van der Waals surface area (Å²) in [7, 11) is 0. The second-order valence-corrected chi connectivity index (χ2v) is 11.1. The summed E-state index contributed by atoms with van der Waals surface area (Å²) in [5, 5.41) is 0.951. The van der Waals surface area contributed by atoms with Gasteiger partial charge in [0.25, 0.3) is 0 Å². The van der Waals surface area contributed by atoms with Crippen LogP contribution in [0.1, 0.15) is 40.0 Å². The minimum Gasteiger partial charge on any atom is -0.399 e. The van der Waals surface area contributed by atoms with Gasteiger partial charge in [-0.3, -0.25) is 9.69 Å². The fourth-order valence-electron chi connectivity index (χ4n) is 6.47. The molecule has 7 rings (SSSR count). The van der Waals surface area contributed by atoms with Crippen LogP contribution in [0.2, 0.25) is 0 Å². The molecule has 7 nitrogen and oxygen atoms in total. The fraction of sp³-hybridized carbons (Fsp3) is 0.444. The molecule has 1 spiro atoms. The van der Waals surface area contributed by atoms with E-state index in [1.54, 1.807) is 0 Å². The zero-order valence-electron chi connectivity index (χ0n) is 19.6. The minimum absolute atomic E-state index is 0.0881. The summed E-state index contributed by atoms with van der Waals surface area (Å²) >= 11 is 3.83. The molecule has 3 fully saturated rings. The first-order valence-electron chi connectivity index (χ1n) is 12.5. The molecule has 0 saturated carbocycles. The molecule has 4 aliphatic rings. The molecule has 2 aromatic carbocycles. The third kappa shape index (κ3) is 3.23. The number of hydrogen-bond acceptors (Lipinski definition) is 6. The number of ketones is 1. The Morgan fingerprint density at radius 1 is 1.03 bits per heavy atom. The highest BCUT2D eigenvalue weighted by atomic mass is 79.9. The quantitative estimate of drug-likeness (QED) is 0.486. The fourth-order valence-corrected chi connectivity index (χ4v) is 7.06. The van der Waals surface area contributed by atoms with E-state index in [2.05, 4.69) is 42.8 Å². The van der Waals surface area contributed by atoms with Crippen molar-refractivity contribution in [2.45, 2.75) is 24.3 Å². The molecule has 35 heavy (non-hydrogen) atoms. The highest BCUT2D eigenvalue weighted by Gasteiger charge is 2.47. The van der Waals surface area contributed by atoms with Crippen molar-refractivity contribution in [1.29, 1.82) is 0 Å². The molecule has 3 aliphatic heterocycles. The van der Waals surface area contributed by atoms with Gasteiger partial charge in [0.2, 0.25) is 0 Å². The van der Waals surface area contributed by atoms with E-state index in [1.165, 1.54) is 5.69 Å². The first-order valence-corrected chi connectivity index (χ1v) is 13.3. The summed E-state index contributed by atoms with van der Waals surface area (Å²) in [6.45, 7) is 7.06. The van der Waals surface area contributed by atoms with Crippen molar-refractivity contribution in [3.63, 3.8) is 0 Å². The Kier molecular flexibility index (Phi) is 5.03. The number of anilines is 2. The molecular formula is C27H29BrN4O3. The molecule has 0 unspecified atom stereocenters. The second kappa shape index (κ2) is 8.06. The van der Waals surface area contributed by atoms with Gasteiger partial charge in [-0.15, -0.1) is 0 Å². The van der Waals surface area contributed by atoms with Gasteiger partial charge in [-0.05, 0) is 58.6 Å². The van der Waals surface area contributed by atoms with E-state index in [0.29, 0.717) is 24.9 Å². The van der Waals surface area contributed by atoms with Crippen LogP contribution < -0.4 is 10.6 Å². The number of hydrogen-bond donors (Lipinski definition) is 2. The van der Waals surface area contributed by atoms with Crippen LogP contribution in [0.15, 0.2) is 34.8 Å². The van der Waals surface area contributed by atoms with Crippen molar-refractivity contribution in [3.05, 3.63) is 57.2 Å². The van der Waals surface area contributed by atoms with Gasteiger partial charge >= 0.3 is 0 Å². The number of carbonyl (C=O) groups is 1. The number of carbonyl (C=O) groups excluding carboxylic acids is 1. The number of fused-ring (bicyclic) bond motifs is 6. The standard InChI is InChI=1S/C27H29BrN4O3/c28-21-12-19-20(13-23(21)32-7-5-31(6-8-32)17-14-35-15-17)27(3-9-34-10-4-27)26-24(25(19)33)18-2-1-16(29)11-22(18)30-26/h1-2,11-13,17,30H,3-10,14-15,29H2. The van der Waals surface area contributed by atoms with Crippen molar-refractivity contribution < 1.29 is 14.3 Å². The van der Waals surface area contributed by atoms with Crippen molar-refractivity contribution in [2.24, 2.45) is 0 Å². The van der Waals surface area contributed by atoms with Crippen LogP contribution in [0.5, 0.6) is 0 Å². The molecule has 4 heterocycles. The molecule has 3 N–H and O–H groups in total. The van der Waals surface area contributed by atoms with E-state index in [4.69, 9.17) is 15.2 Å². The average molecular weight is 537 g/mol. The molecule has 182 valence electrons. The van der Waals surface area contributed by atoms with Crippen LogP contribution in [-0.4, -0.2) is 74.3 Å². The van der Waals surface area contributed by atoms with E-state index in [0.717, 1.165) is 90.0 Å². The van der Waals surface area contributed by atoms with Crippen LogP contribution in [0.3, 0.4) is 0 Å². The van der Waals surface area contributed by atoms with Gasteiger partial charge < -0.3 is 25.1 Å². The Bertz CT molecular complexity index is 1330. The second-order valence-electron chi connectivity index (χ2n) is 10.3. The summed E-state index contributed by atoms with van der Waals surface area (Å²) in [4.78, 5) is 22.6. The SMILES string of the molecule is Nc1ccc2c3c([nH]c2c1)C1(CCOCC1)c1cc(N2CCN(C4COC4)CC2)c(Br)cc1C3=O. The molecule has 3 saturated heterocycles. The Hall–Kier alpha value is -2.39. The zero-order valence-corrected chi connectivity index (χ0v) is 21.2. The highest BCUT2D eigenvalue weighted by Crippen LogP contribution is 2.51. The Labute approximate surface area is 212 Å². The summed E-state index contributed by atoms with van der Waals surface area (Å²) in [6.07, 6.45) is 1.69. The number of aromatic nitrogens is 1. The van der Waals surface area contributed by atoms with Gasteiger partial charge in [0.15, 0.2) is 5.78 Å². The maximum absolute atomic E-state index is 14.0. The third-order valence-corrected chi connectivity index (χ3v) is 9.15. The van der Waals surface area contributed by atoms with Gasteiger partial charge in [0.05, 0.1) is 30.5 Å². The van der Waals surface area contributed by atoms with E-state index < -0.39 is 0 Å². The molecule has 1 aromatic heterocycles. The number of nitrogen functional groups attached to an aromatic ring is 1. The topological polar surface area (TPSA) is 83.8 Å². The molecule has 1 aliphatic carbocycles. The van der Waals surface area contributed by atoms with Crippen LogP contribution in [0.25, 0.3) is 10.9 Å². The summed E-state index contributed by atoms with van der Waals surface area (Å²) in [5.74, 6) is 0.0881. The Morgan fingerprint density at radius 3 is 2.51 bits per heavy atom. The highest BCUT2D eigenvalue weighted by molar-refractivity contribution is 9.10. The van der Waals surface area contributed by atoms with Crippen LogP contribution in [0.4, 0.5) is 11.4 Å². The van der Waals surface area contributed by atoms with Crippen molar-refractivity contribution in [1.82, 2.24) is 9.88 Å². The predicted molar refractivity (Wildman–Crippen MR) is 140 cm³/mol. The van der Waals surface area contributed by atoms with Crippen LogP contribution in [0, 0.1) is 0 Å². The molecular weight excluding hydrogens is 508 g/mol. The molecule has 0 atom stereocenters. The molecule has 0 amide bonds. The molecule has 8 heteroatoms. The monoisotopic (exact) mass is 536 g/mol. The van der Waals surface area contributed by atoms with E-state index in [1.807, 2.05) is 18.2 Å². The smallest absolute Gasteiger partial charge is 0.195 e. The largest absolute Gasteiger partial charge is 0.399 e. The average Bonchev–Trinajstić information content (AvgIpc) is 3.22. The number of benzene rings is 2. The minimum atomic E-state index is -0.273. The van der Waals surface area contributed by atoms with Crippen LogP contribution >= 0.6 is 15.9 Å². The maximum Gasteiger partial charge on any atom is 0.195 e. The van der Waals surface area contributed by atoms with E-state index in [9.17, 15) is 4.79 Å². The van der Waals surface area contributed by atoms with Gasteiger partial charge in [-0.1, -0.05) is 6.07 Å². The summed E-state index contributed by atoms with van der Waals surface area (Å²) < 4.78 is 12.2. The molecule has 0 bridgehead atoms.